The molecular weight excluding hydrogens is 170 g/mol. The molecule has 68 valence electrons. The van der Waals surface area contributed by atoms with Gasteiger partial charge in [-0.3, -0.25) is 0 Å². The first kappa shape index (κ1) is 9.64. The first-order valence-electron chi connectivity index (χ1n) is 3.94. The molecule has 1 heterocycles. The number of hydrogen-bond donors (Lipinski definition) is 1. The summed E-state index contributed by atoms with van der Waals surface area (Å²) in [5.41, 5.74) is 5.69. The van der Waals surface area contributed by atoms with E-state index in [1.54, 1.807) is 11.3 Å². The average molecular weight is 185 g/mol. The molecule has 0 radical (unpaired) electrons. The van der Waals surface area contributed by atoms with Gasteiger partial charge < -0.3 is 10.6 Å². The molecule has 0 spiro atoms. The van der Waals surface area contributed by atoms with Crippen molar-refractivity contribution >= 4 is 11.3 Å². The molecule has 1 aromatic heterocycles. The minimum Gasteiger partial charge on any atom is -0.322 e. The summed E-state index contributed by atoms with van der Waals surface area (Å²) in [5.74, 6) is 0. The van der Waals surface area contributed by atoms with Gasteiger partial charge in [-0.2, -0.15) is 0 Å². The molecule has 0 aliphatic carbocycles. The molecule has 0 aromatic carbocycles. The van der Waals surface area contributed by atoms with E-state index in [0.717, 1.165) is 11.6 Å². The van der Waals surface area contributed by atoms with Gasteiger partial charge in [-0.05, 0) is 21.0 Å². The smallest absolute Gasteiger partial charge is 0.109 e. The molecule has 1 atom stereocenters. The van der Waals surface area contributed by atoms with Crippen molar-refractivity contribution in [2.75, 3.05) is 14.1 Å². The van der Waals surface area contributed by atoms with E-state index in [1.807, 2.05) is 27.2 Å². The Kier molecular flexibility index (Phi) is 3.20. The molecule has 0 fully saturated rings. The molecular formula is C8H15N3S. The Labute approximate surface area is 77.2 Å². The highest BCUT2D eigenvalue weighted by Gasteiger charge is 2.05. The van der Waals surface area contributed by atoms with Gasteiger partial charge in [0.25, 0.3) is 0 Å². The van der Waals surface area contributed by atoms with Gasteiger partial charge >= 0.3 is 0 Å². The van der Waals surface area contributed by atoms with Gasteiger partial charge in [0.2, 0.25) is 0 Å². The number of nitrogens with zero attached hydrogens (tertiary/aromatic N) is 2. The van der Waals surface area contributed by atoms with Crippen LogP contribution >= 0.6 is 11.3 Å². The van der Waals surface area contributed by atoms with Crippen molar-refractivity contribution in [3.8, 4) is 0 Å². The maximum atomic E-state index is 5.69. The third kappa shape index (κ3) is 2.55. The highest BCUT2D eigenvalue weighted by atomic mass is 32.1. The fourth-order valence-corrected chi connectivity index (χ4v) is 1.91. The summed E-state index contributed by atoms with van der Waals surface area (Å²) in [6, 6.07) is 0.0610. The fraction of sp³-hybridized carbons (Fsp3) is 0.625. The SMILES string of the molecule is C[C@@H](N)c1ncc(CN(C)C)s1. The highest BCUT2D eigenvalue weighted by molar-refractivity contribution is 7.11. The normalized spacial score (nSPS) is 13.8. The number of hydrogen-bond acceptors (Lipinski definition) is 4. The predicted molar refractivity (Wildman–Crippen MR) is 52.1 cm³/mol. The lowest BCUT2D eigenvalue weighted by Gasteiger charge is -2.05. The lowest BCUT2D eigenvalue weighted by atomic mass is 10.4. The first-order chi connectivity index (χ1) is 5.59. The van der Waals surface area contributed by atoms with E-state index in [9.17, 15) is 0 Å². The minimum absolute atomic E-state index is 0.0610. The summed E-state index contributed by atoms with van der Waals surface area (Å²) < 4.78 is 0. The third-order valence-corrected chi connectivity index (χ3v) is 2.62. The molecule has 0 saturated carbocycles. The molecule has 0 aliphatic rings. The molecule has 0 bridgehead atoms. The van der Waals surface area contributed by atoms with Gasteiger partial charge in [-0.15, -0.1) is 11.3 Å². The van der Waals surface area contributed by atoms with Crippen LogP contribution in [0.1, 0.15) is 22.9 Å². The highest BCUT2D eigenvalue weighted by Crippen LogP contribution is 2.18. The lowest BCUT2D eigenvalue weighted by Crippen LogP contribution is -2.09. The number of thiazole rings is 1. The van der Waals surface area contributed by atoms with Crippen LogP contribution in [0.25, 0.3) is 0 Å². The minimum atomic E-state index is 0.0610. The Bertz CT molecular complexity index is 242. The maximum absolute atomic E-state index is 5.69. The summed E-state index contributed by atoms with van der Waals surface area (Å²) in [6.45, 7) is 2.91. The number of rotatable bonds is 3. The van der Waals surface area contributed by atoms with E-state index in [2.05, 4.69) is 9.88 Å². The van der Waals surface area contributed by atoms with E-state index in [4.69, 9.17) is 5.73 Å². The molecule has 1 aromatic rings. The zero-order valence-corrected chi connectivity index (χ0v) is 8.56. The molecule has 0 amide bonds. The summed E-state index contributed by atoms with van der Waals surface area (Å²) >= 11 is 1.69. The van der Waals surface area contributed by atoms with E-state index < -0.39 is 0 Å². The molecule has 0 unspecified atom stereocenters. The molecule has 12 heavy (non-hydrogen) atoms. The van der Waals surface area contributed by atoms with Crippen molar-refractivity contribution in [3.63, 3.8) is 0 Å². The Morgan fingerprint density at radius 1 is 1.67 bits per heavy atom. The van der Waals surface area contributed by atoms with Gasteiger partial charge in [-0.1, -0.05) is 0 Å². The molecule has 3 nitrogen and oxygen atoms in total. The largest absolute Gasteiger partial charge is 0.322 e. The van der Waals surface area contributed by atoms with Gasteiger partial charge in [0.1, 0.15) is 5.01 Å². The Balaban J connectivity index is 2.64. The standard InChI is InChI=1S/C8H15N3S/c1-6(9)8-10-4-7(12-8)5-11(2)3/h4,6H,5,9H2,1-3H3/t6-/m1/s1. The first-order valence-corrected chi connectivity index (χ1v) is 4.76. The summed E-state index contributed by atoms with van der Waals surface area (Å²) in [4.78, 5) is 7.63. The molecule has 1 rings (SSSR count). The number of aromatic nitrogens is 1. The van der Waals surface area contributed by atoms with Gasteiger partial charge in [0.15, 0.2) is 0 Å². The van der Waals surface area contributed by atoms with Crippen LogP contribution in [0, 0.1) is 0 Å². The van der Waals surface area contributed by atoms with Crippen LogP contribution in [0.15, 0.2) is 6.20 Å². The van der Waals surface area contributed by atoms with Crippen LogP contribution in [-0.2, 0) is 6.54 Å². The van der Waals surface area contributed by atoms with Crippen LogP contribution in [0.4, 0.5) is 0 Å². The van der Waals surface area contributed by atoms with E-state index in [0.29, 0.717) is 0 Å². The zero-order valence-electron chi connectivity index (χ0n) is 7.74. The van der Waals surface area contributed by atoms with Crippen LogP contribution in [0.5, 0.6) is 0 Å². The second kappa shape index (κ2) is 3.98. The van der Waals surface area contributed by atoms with E-state index in [-0.39, 0.29) is 6.04 Å². The van der Waals surface area contributed by atoms with Crippen molar-refractivity contribution in [2.45, 2.75) is 19.5 Å². The second-order valence-corrected chi connectivity index (χ2v) is 4.34. The van der Waals surface area contributed by atoms with Crippen molar-refractivity contribution in [1.82, 2.24) is 9.88 Å². The Hall–Kier alpha value is -0.450. The van der Waals surface area contributed by atoms with Crippen molar-refractivity contribution in [1.29, 1.82) is 0 Å². The monoisotopic (exact) mass is 185 g/mol. The van der Waals surface area contributed by atoms with Crippen LogP contribution in [0.3, 0.4) is 0 Å². The molecule has 2 N–H and O–H groups in total. The van der Waals surface area contributed by atoms with Gasteiger partial charge in [0, 0.05) is 17.6 Å². The second-order valence-electron chi connectivity index (χ2n) is 3.19. The summed E-state index contributed by atoms with van der Waals surface area (Å²) in [7, 11) is 4.09. The van der Waals surface area contributed by atoms with E-state index >= 15 is 0 Å². The topological polar surface area (TPSA) is 42.1 Å². The van der Waals surface area contributed by atoms with Crippen LogP contribution in [0.2, 0.25) is 0 Å². The van der Waals surface area contributed by atoms with Crippen LogP contribution < -0.4 is 5.73 Å². The summed E-state index contributed by atoms with van der Waals surface area (Å²) in [6.07, 6.45) is 1.91. The fourth-order valence-electron chi connectivity index (χ4n) is 0.918. The Morgan fingerprint density at radius 2 is 2.33 bits per heavy atom. The molecule has 4 heteroatoms. The number of nitrogens with two attached hydrogens (primary N) is 1. The molecule has 0 aliphatic heterocycles. The quantitative estimate of drug-likeness (QED) is 0.770. The molecule has 0 saturated heterocycles. The van der Waals surface area contributed by atoms with Crippen molar-refractivity contribution < 1.29 is 0 Å². The lowest BCUT2D eigenvalue weighted by molar-refractivity contribution is 0.406. The Morgan fingerprint density at radius 3 is 2.75 bits per heavy atom. The van der Waals surface area contributed by atoms with E-state index in [1.165, 1.54) is 4.88 Å². The van der Waals surface area contributed by atoms with Crippen molar-refractivity contribution in [2.24, 2.45) is 5.73 Å². The zero-order chi connectivity index (χ0) is 9.14. The third-order valence-electron chi connectivity index (χ3n) is 1.43. The predicted octanol–water partition coefficient (Wildman–Crippen LogP) is 1.22. The van der Waals surface area contributed by atoms with Gasteiger partial charge in [0.05, 0.1) is 6.04 Å². The summed E-state index contributed by atoms with van der Waals surface area (Å²) in [5, 5.41) is 1.02. The maximum Gasteiger partial charge on any atom is 0.109 e. The van der Waals surface area contributed by atoms with Gasteiger partial charge in [-0.25, -0.2) is 4.98 Å². The average Bonchev–Trinajstić information content (AvgIpc) is 2.34. The van der Waals surface area contributed by atoms with Crippen LogP contribution in [-0.4, -0.2) is 24.0 Å². The van der Waals surface area contributed by atoms with Crippen molar-refractivity contribution in [3.05, 3.63) is 16.1 Å².